The quantitative estimate of drug-likeness (QED) is 0.408. The molecular weight excluding hydrogens is 390 g/mol. The van der Waals surface area contributed by atoms with Gasteiger partial charge >= 0.3 is 0 Å². The van der Waals surface area contributed by atoms with Crippen molar-refractivity contribution < 1.29 is 24.0 Å². The number of Topliss-reactive ketones (excluding diaryl/α,β-unsaturated/α-hetero) is 1. The number of benzene rings is 2. The minimum Gasteiger partial charge on any atom is -0.493 e. The Hall–Kier alpha value is -3.62. The molecule has 9 heteroatoms. The van der Waals surface area contributed by atoms with E-state index in [2.05, 4.69) is 0 Å². The van der Waals surface area contributed by atoms with Gasteiger partial charge < -0.3 is 19.3 Å². The Balaban J connectivity index is 1.74. The zero-order valence-electron chi connectivity index (χ0n) is 17.1. The average Bonchev–Trinajstić information content (AvgIpc) is 2.77. The molecule has 1 aliphatic heterocycles. The molecule has 1 fully saturated rings. The lowest BCUT2D eigenvalue weighted by Gasteiger charge is -2.36. The molecule has 158 valence electrons. The number of amides is 1. The largest absolute Gasteiger partial charge is 0.493 e. The minimum atomic E-state index is -0.483. The molecule has 0 atom stereocenters. The van der Waals surface area contributed by atoms with Crippen molar-refractivity contribution >= 4 is 23.1 Å². The van der Waals surface area contributed by atoms with Crippen molar-refractivity contribution in [1.82, 2.24) is 4.90 Å². The second-order valence-electron chi connectivity index (χ2n) is 6.87. The number of ether oxygens (including phenoxy) is 2. The van der Waals surface area contributed by atoms with Gasteiger partial charge in [0.15, 0.2) is 17.3 Å². The molecule has 0 radical (unpaired) electrons. The van der Waals surface area contributed by atoms with Crippen LogP contribution in [0.15, 0.2) is 36.4 Å². The Bertz CT molecular complexity index is 983. The lowest BCUT2D eigenvalue weighted by atomic mass is 10.1. The highest BCUT2D eigenvalue weighted by Gasteiger charge is 2.27. The summed E-state index contributed by atoms with van der Waals surface area (Å²) in [7, 11) is 3.04. The van der Waals surface area contributed by atoms with Crippen molar-refractivity contribution in [2.75, 3.05) is 45.3 Å². The van der Waals surface area contributed by atoms with E-state index in [-0.39, 0.29) is 17.4 Å². The number of nitro groups is 1. The second kappa shape index (κ2) is 8.81. The molecule has 1 saturated heterocycles. The summed E-state index contributed by atoms with van der Waals surface area (Å²) >= 11 is 0. The molecule has 30 heavy (non-hydrogen) atoms. The number of rotatable bonds is 6. The number of carbonyl (C=O) groups is 2. The van der Waals surface area contributed by atoms with Gasteiger partial charge in [-0.2, -0.15) is 0 Å². The lowest BCUT2D eigenvalue weighted by Crippen LogP contribution is -2.49. The molecule has 0 aliphatic carbocycles. The van der Waals surface area contributed by atoms with Gasteiger partial charge in [0.2, 0.25) is 0 Å². The van der Waals surface area contributed by atoms with Gasteiger partial charge in [0.25, 0.3) is 11.6 Å². The van der Waals surface area contributed by atoms with Gasteiger partial charge in [-0.3, -0.25) is 19.7 Å². The lowest BCUT2D eigenvalue weighted by molar-refractivity contribution is -0.384. The highest BCUT2D eigenvalue weighted by molar-refractivity contribution is 5.96. The summed E-state index contributed by atoms with van der Waals surface area (Å²) in [6.07, 6.45) is 0. The van der Waals surface area contributed by atoms with Crippen molar-refractivity contribution in [2.24, 2.45) is 0 Å². The summed E-state index contributed by atoms with van der Waals surface area (Å²) in [5.41, 5.74) is 1.12. The molecule has 1 heterocycles. The predicted octanol–water partition coefficient (Wildman–Crippen LogP) is 2.78. The number of nitro benzene ring substituents is 1. The Morgan fingerprint density at radius 3 is 2.13 bits per heavy atom. The molecule has 0 aromatic heterocycles. The van der Waals surface area contributed by atoms with Crippen LogP contribution in [0.5, 0.6) is 11.5 Å². The predicted molar refractivity (Wildman–Crippen MR) is 111 cm³/mol. The molecule has 9 nitrogen and oxygen atoms in total. The van der Waals surface area contributed by atoms with Crippen LogP contribution in [-0.4, -0.2) is 61.9 Å². The zero-order chi connectivity index (χ0) is 21.8. The molecule has 1 amide bonds. The van der Waals surface area contributed by atoms with Gasteiger partial charge in [-0.05, 0) is 37.3 Å². The van der Waals surface area contributed by atoms with Crippen LogP contribution >= 0.6 is 0 Å². The van der Waals surface area contributed by atoms with Gasteiger partial charge in [0.05, 0.1) is 19.1 Å². The molecular formula is C21H23N3O6. The van der Waals surface area contributed by atoms with E-state index in [1.807, 2.05) is 4.90 Å². The molecule has 0 spiro atoms. The molecule has 3 rings (SSSR count). The van der Waals surface area contributed by atoms with Crippen molar-refractivity contribution in [3.8, 4) is 11.5 Å². The molecule has 0 bridgehead atoms. The van der Waals surface area contributed by atoms with Crippen molar-refractivity contribution in [3.05, 3.63) is 57.6 Å². The Kier molecular flexibility index (Phi) is 6.20. The minimum absolute atomic E-state index is 0.109. The summed E-state index contributed by atoms with van der Waals surface area (Å²) in [5, 5.41) is 11.5. The van der Waals surface area contributed by atoms with Crippen LogP contribution < -0.4 is 14.4 Å². The molecule has 0 N–H and O–H groups in total. The van der Waals surface area contributed by atoms with Crippen LogP contribution in [0.3, 0.4) is 0 Å². The van der Waals surface area contributed by atoms with Crippen LogP contribution in [-0.2, 0) is 0 Å². The maximum Gasteiger partial charge on any atom is 0.293 e. The molecule has 1 aliphatic rings. The summed E-state index contributed by atoms with van der Waals surface area (Å²) in [6, 6.07) is 9.49. The summed E-state index contributed by atoms with van der Waals surface area (Å²) in [4.78, 5) is 39.0. The monoisotopic (exact) mass is 413 g/mol. The van der Waals surface area contributed by atoms with Crippen LogP contribution in [0.1, 0.15) is 27.6 Å². The fourth-order valence-corrected chi connectivity index (χ4v) is 3.46. The van der Waals surface area contributed by atoms with E-state index in [9.17, 15) is 19.7 Å². The van der Waals surface area contributed by atoms with Crippen molar-refractivity contribution in [1.29, 1.82) is 0 Å². The first-order valence-corrected chi connectivity index (χ1v) is 9.41. The average molecular weight is 413 g/mol. The summed E-state index contributed by atoms with van der Waals surface area (Å²) in [5.74, 6) is 0.648. The highest BCUT2D eigenvalue weighted by atomic mass is 16.6. The number of carbonyl (C=O) groups excluding carboxylic acids is 2. The van der Waals surface area contributed by atoms with Crippen molar-refractivity contribution in [2.45, 2.75) is 6.92 Å². The van der Waals surface area contributed by atoms with Gasteiger partial charge in [-0.1, -0.05) is 0 Å². The number of anilines is 1. The SMILES string of the molecule is COc1ccc(C(=O)N2CCN(c3ccc(C(C)=O)cc3[N+](=O)[O-])CC2)cc1OC. The van der Waals surface area contributed by atoms with E-state index in [0.29, 0.717) is 54.5 Å². The fourth-order valence-electron chi connectivity index (χ4n) is 3.46. The van der Waals surface area contributed by atoms with Crippen LogP contribution in [0, 0.1) is 10.1 Å². The summed E-state index contributed by atoms with van der Waals surface area (Å²) < 4.78 is 10.5. The van der Waals surface area contributed by atoms with Gasteiger partial charge in [0, 0.05) is 43.4 Å². The standard InChI is InChI=1S/C21H23N3O6/c1-14(25)15-4-6-17(18(12-15)24(27)28)22-8-10-23(11-9-22)21(26)16-5-7-19(29-2)20(13-16)30-3/h4-7,12-13H,8-11H2,1-3H3. The maximum absolute atomic E-state index is 12.9. The first-order chi connectivity index (χ1) is 14.3. The van der Waals surface area contributed by atoms with Crippen LogP contribution in [0.2, 0.25) is 0 Å². The van der Waals surface area contributed by atoms with E-state index >= 15 is 0 Å². The second-order valence-corrected chi connectivity index (χ2v) is 6.87. The number of nitrogens with zero attached hydrogens (tertiary/aromatic N) is 3. The van der Waals surface area contributed by atoms with E-state index in [4.69, 9.17) is 9.47 Å². The topological polar surface area (TPSA) is 102 Å². The number of hydrogen-bond donors (Lipinski definition) is 0. The first kappa shape index (κ1) is 21.1. The normalized spacial score (nSPS) is 13.7. The first-order valence-electron chi connectivity index (χ1n) is 9.41. The van der Waals surface area contributed by atoms with Crippen LogP contribution in [0.25, 0.3) is 0 Å². The third-order valence-corrected chi connectivity index (χ3v) is 5.12. The van der Waals surface area contributed by atoms with Crippen molar-refractivity contribution in [3.63, 3.8) is 0 Å². The molecule has 2 aromatic carbocycles. The van der Waals surface area contributed by atoms with E-state index < -0.39 is 4.92 Å². The fraction of sp³-hybridized carbons (Fsp3) is 0.333. The van der Waals surface area contributed by atoms with E-state index in [0.717, 1.165) is 0 Å². The summed E-state index contributed by atoms with van der Waals surface area (Å²) in [6.45, 7) is 3.09. The third-order valence-electron chi connectivity index (χ3n) is 5.12. The number of hydrogen-bond acceptors (Lipinski definition) is 7. The van der Waals surface area contributed by atoms with E-state index in [1.54, 1.807) is 35.2 Å². The smallest absolute Gasteiger partial charge is 0.293 e. The third kappa shape index (κ3) is 4.19. The molecule has 2 aromatic rings. The van der Waals surface area contributed by atoms with Crippen LogP contribution in [0.4, 0.5) is 11.4 Å². The highest BCUT2D eigenvalue weighted by Crippen LogP contribution is 2.31. The van der Waals surface area contributed by atoms with Gasteiger partial charge in [0.1, 0.15) is 5.69 Å². The Labute approximate surface area is 173 Å². The number of ketones is 1. The Morgan fingerprint density at radius 1 is 0.933 bits per heavy atom. The Morgan fingerprint density at radius 2 is 1.57 bits per heavy atom. The van der Waals surface area contributed by atoms with Gasteiger partial charge in [-0.15, -0.1) is 0 Å². The molecule has 0 unspecified atom stereocenters. The van der Waals surface area contributed by atoms with Gasteiger partial charge in [-0.25, -0.2) is 0 Å². The maximum atomic E-state index is 12.9. The zero-order valence-corrected chi connectivity index (χ0v) is 17.1. The number of piperazine rings is 1. The molecule has 0 saturated carbocycles. The van der Waals surface area contributed by atoms with E-state index in [1.165, 1.54) is 27.2 Å². The number of methoxy groups -OCH3 is 2.